The zero-order valence-corrected chi connectivity index (χ0v) is 11.5. The van der Waals surface area contributed by atoms with E-state index in [1.165, 1.54) is 18.2 Å². The molecule has 2 rings (SSSR count). The first kappa shape index (κ1) is 12.8. The number of halogens is 2. The normalized spacial score (nSPS) is 9.83. The smallest absolute Gasteiger partial charge is 0.166 e. The lowest BCUT2D eigenvalue weighted by molar-refractivity contribution is 0.290. The molecule has 0 aliphatic carbocycles. The molecule has 0 amide bonds. The molecule has 2 aromatic rings. The topological polar surface area (TPSA) is 33.0 Å². The summed E-state index contributed by atoms with van der Waals surface area (Å²) in [5.74, 6) is -0.355. The first-order chi connectivity index (χ1) is 8.69. The molecule has 0 saturated heterocycles. The van der Waals surface area contributed by atoms with Crippen molar-refractivity contribution in [3.8, 4) is 11.8 Å². The monoisotopic (exact) mass is 353 g/mol. The molecule has 0 heterocycles. The van der Waals surface area contributed by atoms with Gasteiger partial charge in [0.15, 0.2) is 11.6 Å². The second-order valence-corrected chi connectivity index (χ2v) is 4.92. The second kappa shape index (κ2) is 5.83. The van der Waals surface area contributed by atoms with E-state index in [2.05, 4.69) is 22.6 Å². The van der Waals surface area contributed by atoms with Crippen LogP contribution in [0.5, 0.6) is 5.75 Å². The van der Waals surface area contributed by atoms with E-state index in [1.807, 2.05) is 30.3 Å². The van der Waals surface area contributed by atoms with E-state index < -0.39 is 5.82 Å². The molecule has 0 atom stereocenters. The van der Waals surface area contributed by atoms with Gasteiger partial charge in [-0.2, -0.15) is 5.26 Å². The lowest BCUT2D eigenvalue weighted by Crippen LogP contribution is -1.97. The van der Waals surface area contributed by atoms with Gasteiger partial charge in [-0.1, -0.05) is 12.1 Å². The van der Waals surface area contributed by atoms with Crippen molar-refractivity contribution >= 4 is 22.6 Å². The summed E-state index contributed by atoms with van der Waals surface area (Å²) in [5.41, 5.74) is 1.26. The molecule has 90 valence electrons. The molecule has 4 heteroatoms. The number of ether oxygens (including phenoxy) is 1. The second-order valence-electron chi connectivity index (χ2n) is 3.67. The fraction of sp³-hybridized carbons (Fsp3) is 0.0714. The van der Waals surface area contributed by atoms with Gasteiger partial charge >= 0.3 is 0 Å². The van der Waals surface area contributed by atoms with E-state index in [0.717, 1.165) is 9.13 Å². The molecule has 0 unspecified atom stereocenters. The molecule has 2 nitrogen and oxygen atoms in total. The van der Waals surface area contributed by atoms with Crippen LogP contribution < -0.4 is 4.74 Å². The average molecular weight is 353 g/mol. The van der Waals surface area contributed by atoms with Gasteiger partial charge in [-0.3, -0.25) is 0 Å². The van der Waals surface area contributed by atoms with Crippen molar-refractivity contribution in [2.24, 2.45) is 0 Å². The van der Waals surface area contributed by atoms with Gasteiger partial charge in [0.05, 0.1) is 11.6 Å². The quantitative estimate of drug-likeness (QED) is 0.785. The van der Waals surface area contributed by atoms with Gasteiger partial charge in [0.25, 0.3) is 0 Å². The number of hydrogen-bond donors (Lipinski definition) is 0. The van der Waals surface area contributed by atoms with Crippen molar-refractivity contribution in [1.82, 2.24) is 0 Å². The summed E-state index contributed by atoms with van der Waals surface area (Å²) in [6, 6.07) is 13.9. The number of rotatable bonds is 3. The van der Waals surface area contributed by atoms with Crippen LogP contribution in [0.15, 0.2) is 42.5 Å². The Kier molecular flexibility index (Phi) is 4.15. The number of nitriles is 1. The maximum Gasteiger partial charge on any atom is 0.166 e. The molecule has 0 spiro atoms. The zero-order valence-electron chi connectivity index (χ0n) is 9.36. The lowest BCUT2D eigenvalue weighted by Gasteiger charge is -2.07. The fourth-order valence-electron chi connectivity index (χ4n) is 1.43. The first-order valence-electron chi connectivity index (χ1n) is 5.26. The van der Waals surface area contributed by atoms with Crippen molar-refractivity contribution in [2.75, 3.05) is 0 Å². The maximum absolute atomic E-state index is 13.5. The standard InChI is InChI=1S/C14H9FINO/c15-13-7-11(8-17)3-6-14(13)18-9-10-1-4-12(16)5-2-10/h1-7H,9H2. The summed E-state index contributed by atoms with van der Waals surface area (Å²) >= 11 is 2.22. The summed E-state index contributed by atoms with van der Waals surface area (Å²) < 4.78 is 20.0. The van der Waals surface area contributed by atoms with Crippen molar-refractivity contribution in [3.05, 3.63) is 63.0 Å². The van der Waals surface area contributed by atoms with E-state index in [9.17, 15) is 4.39 Å². The maximum atomic E-state index is 13.5. The van der Waals surface area contributed by atoms with Crippen molar-refractivity contribution in [3.63, 3.8) is 0 Å². The van der Waals surface area contributed by atoms with E-state index >= 15 is 0 Å². The third-order valence-electron chi connectivity index (χ3n) is 2.37. The van der Waals surface area contributed by atoms with Crippen LogP contribution in [0, 0.1) is 20.7 Å². The van der Waals surface area contributed by atoms with Gasteiger partial charge in [-0.05, 0) is 58.5 Å². The van der Waals surface area contributed by atoms with Crippen molar-refractivity contribution in [2.45, 2.75) is 6.61 Å². The molecule has 0 fully saturated rings. The van der Waals surface area contributed by atoms with Gasteiger partial charge in [-0.25, -0.2) is 4.39 Å². The van der Waals surface area contributed by atoms with Crippen molar-refractivity contribution < 1.29 is 9.13 Å². The Morgan fingerprint density at radius 1 is 1.17 bits per heavy atom. The SMILES string of the molecule is N#Cc1ccc(OCc2ccc(I)cc2)c(F)c1. The Bertz CT molecular complexity index is 590. The molecule has 18 heavy (non-hydrogen) atoms. The molecule has 0 bridgehead atoms. The van der Waals surface area contributed by atoms with Crippen LogP contribution in [-0.4, -0.2) is 0 Å². The van der Waals surface area contributed by atoms with Crippen LogP contribution in [0.1, 0.15) is 11.1 Å². The van der Waals surface area contributed by atoms with E-state index in [-0.39, 0.29) is 11.3 Å². The van der Waals surface area contributed by atoms with E-state index in [4.69, 9.17) is 10.00 Å². The minimum absolute atomic E-state index is 0.160. The Balaban J connectivity index is 2.06. The molecule has 0 aliphatic heterocycles. The average Bonchev–Trinajstić information content (AvgIpc) is 2.39. The molecular weight excluding hydrogens is 344 g/mol. The Morgan fingerprint density at radius 2 is 1.89 bits per heavy atom. The van der Waals surface area contributed by atoms with Gasteiger partial charge in [0.2, 0.25) is 0 Å². The zero-order chi connectivity index (χ0) is 13.0. The summed E-state index contributed by atoms with van der Waals surface area (Å²) in [6.07, 6.45) is 0. The van der Waals surface area contributed by atoms with E-state index in [1.54, 1.807) is 0 Å². The minimum atomic E-state index is -0.514. The van der Waals surface area contributed by atoms with Gasteiger partial charge < -0.3 is 4.74 Å². The Hall–Kier alpha value is -1.61. The molecule has 0 radical (unpaired) electrons. The summed E-state index contributed by atoms with van der Waals surface area (Å²) in [6.45, 7) is 0.305. The largest absolute Gasteiger partial charge is 0.486 e. The molecule has 0 saturated carbocycles. The summed E-state index contributed by atoms with van der Waals surface area (Å²) in [7, 11) is 0. The minimum Gasteiger partial charge on any atom is -0.486 e. The van der Waals surface area contributed by atoms with E-state index in [0.29, 0.717) is 6.61 Å². The van der Waals surface area contributed by atoms with Crippen molar-refractivity contribution in [1.29, 1.82) is 5.26 Å². The summed E-state index contributed by atoms with van der Waals surface area (Å²) in [5, 5.41) is 8.63. The molecule has 0 N–H and O–H groups in total. The third-order valence-corrected chi connectivity index (χ3v) is 3.09. The van der Waals surface area contributed by atoms with Crippen LogP contribution in [0.4, 0.5) is 4.39 Å². The number of benzene rings is 2. The van der Waals surface area contributed by atoms with Crippen LogP contribution in [0.2, 0.25) is 0 Å². The first-order valence-corrected chi connectivity index (χ1v) is 6.34. The highest BCUT2D eigenvalue weighted by Crippen LogP contribution is 2.19. The summed E-state index contributed by atoms with van der Waals surface area (Å²) in [4.78, 5) is 0. The van der Waals surface area contributed by atoms with Crippen LogP contribution in [0.25, 0.3) is 0 Å². The van der Waals surface area contributed by atoms with Gasteiger partial charge in [0.1, 0.15) is 6.61 Å². The number of hydrogen-bond acceptors (Lipinski definition) is 2. The van der Waals surface area contributed by atoms with Crippen LogP contribution >= 0.6 is 22.6 Å². The molecular formula is C14H9FINO. The molecule has 2 aromatic carbocycles. The highest BCUT2D eigenvalue weighted by Gasteiger charge is 2.04. The highest BCUT2D eigenvalue weighted by atomic mass is 127. The van der Waals surface area contributed by atoms with Gasteiger partial charge in [0, 0.05) is 3.57 Å². The fourth-order valence-corrected chi connectivity index (χ4v) is 1.79. The predicted octanol–water partition coefficient (Wildman–Crippen LogP) is 3.88. The highest BCUT2D eigenvalue weighted by molar-refractivity contribution is 14.1. The molecule has 0 aliphatic rings. The lowest BCUT2D eigenvalue weighted by atomic mass is 10.2. The Labute approximate surface area is 118 Å². The predicted molar refractivity (Wildman–Crippen MR) is 74.6 cm³/mol. The van der Waals surface area contributed by atoms with Crippen LogP contribution in [-0.2, 0) is 6.61 Å². The van der Waals surface area contributed by atoms with Gasteiger partial charge in [-0.15, -0.1) is 0 Å². The van der Waals surface area contributed by atoms with Crippen LogP contribution in [0.3, 0.4) is 0 Å². The number of nitrogens with zero attached hydrogens (tertiary/aromatic N) is 1. The third kappa shape index (κ3) is 3.20. The molecule has 0 aromatic heterocycles. The Morgan fingerprint density at radius 3 is 2.50 bits per heavy atom.